The van der Waals surface area contributed by atoms with Gasteiger partial charge >= 0.3 is 29.6 Å². The first-order valence-corrected chi connectivity index (χ1v) is 8.43. The molecule has 7 nitrogen and oxygen atoms in total. The van der Waals surface area contributed by atoms with E-state index in [4.69, 9.17) is 0 Å². The number of carbonyl (C=O) groups excluding carboxylic acids is 3. The van der Waals surface area contributed by atoms with Gasteiger partial charge in [-0.25, -0.2) is 0 Å². The molecule has 0 bridgehead atoms. The summed E-state index contributed by atoms with van der Waals surface area (Å²) in [7, 11) is 0. The van der Waals surface area contributed by atoms with Crippen molar-refractivity contribution >= 4 is 23.9 Å². The first kappa shape index (κ1) is 19.7. The predicted octanol–water partition coefficient (Wildman–Crippen LogP) is -3.13. The zero-order valence-electron chi connectivity index (χ0n) is 15.1. The Morgan fingerprint density at radius 3 is 2.48 bits per heavy atom. The third-order valence-corrected chi connectivity index (χ3v) is 5.40. The molecule has 0 aliphatic carbocycles. The van der Waals surface area contributed by atoms with E-state index in [2.05, 4.69) is 0 Å². The molecule has 3 aliphatic heterocycles. The molecule has 0 saturated carbocycles. The minimum absolute atomic E-state index is 0. The fourth-order valence-electron chi connectivity index (χ4n) is 4.26. The van der Waals surface area contributed by atoms with Crippen molar-refractivity contribution < 1.29 is 54.2 Å². The second kappa shape index (κ2) is 7.14. The summed E-state index contributed by atoms with van der Waals surface area (Å²) in [4.78, 5) is 38.8. The van der Waals surface area contributed by atoms with Gasteiger partial charge in [0.2, 0.25) is 5.91 Å². The zero-order chi connectivity index (χ0) is 18.6. The van der Waals surface area contributed by atoms with Crippen molar-refractivity contribution in [3.8, 4) is 5.75 Å². The number of hydrogen-bond donors (Lipinski definition) is 1. The van der Waals surface area contributed by atoms with Gasteiger partial charge < -0.3 is 24.8 Å². The summed E-state index contributed by atoms with van der Waals surface area (Å²) in [6.07, 6.45) is 4.05. The van der Waals surface area contributed by atoms with Crippen LogP contribution in [0, 0.1) is 5.92 Å². The summed E-state index contributed by atoms with van der Waals surface area (Å²) in [5, 5.41) is 21.0. The van der Waals surface area contributed by atoms with Crippen molar-refractivity contribution in [1.82, 2.24) is 9.80 Å². The zero-order valence-corrected chi connectivity index (χ0v) is 17.1. The number of phenols is 1. The Balaban J connectivity index is 0.00000210. The van der Waals surface area contributed by atoms with Crippen molar-refractivity contribution in [1.29, 1.82) is 0 Å². The number of likely N-dealkylation sites (tertiary alicyclic amines) is 1. The Hall–Kier alpha value is -2.09. The van der Waals surface area contributed by atoms with Crippen molar-refractivity contribution in [3.63, 3.8) is 0 Å². The number of rotatable bonds is 3. The molecule has 27 heavy (non-hydrogen) atoms. The van der Waals surface area contributed by atoms with E-state index >= 15 is 0 Å². The van der Waals surface area contributed by atoms with Crippen LogP contribution in [0.15, 0.2) is 41.6 Å². The van der Waals surface area contributed by atoms with Crippen LogP contribution in [0.2, 0.25) is 0 Å². The summed E-state index contributed by atoms with van der Waals surface area (Å²) in [5.74, 6) is -1.90. The van der Waals surface area contributed by atoms with Gasteiger partial charge in [-0.15, -0.1) is 0 Å². The SMILES string of the molecule is CC(=O)N1CCC2C(/C=C/c3ccc(O)cc3)=C(C(=O)[O-])N3C(=O)[C@@H]1[C@@H]23.[Na+]. The number of piperidine rings is 1. The van der Waals surface area contributed by atoms with E-state index in [1.165, 1.54) is 16.7 Å². The summed E-state index contributed by atoms with van der Waals surface area (Å²) in [5.41, 5.74) is 1.26. The summed E-state index contributed by atoms with van der Waals surface area (Å²) >= 11 is 0. The number of phenolic OH excluding ortho intramolecular Hbond substituents is 1. The fraction of sp³-hybridized carbons (Fsp3) is 0.316. The van der Waals surface area contributed by atoms with E-state index in [0.29, 0.717) is 18.5 Å². The Bertz CT molecular complexity index is 877. The van der Waals surface area contributed by atoms with Crippen LogP contribution in [0.25, 0.3) is 6.08 Å². The molecule has 0 aromatic heterocycles. The number of benzene rings is 1. The van der Waals surface area contributed by atoms with Gasteiger partial charge in [0.25, 0.3) is 5.91 Å². The number of amides is 2. The average Bonchev–Trinajstić information content (AvgIpc) is 2.93. The monoisotopic (exact) mass is 376 g/mol. The van der Waals surface area contributed by atoms with Gasteiger partial charge in [0.05, 0.1) is 17.7 Å². The van der Waals surface area contributed by atoms with Gasteiger partial charge in [0.1, 0.15) is 11.8 Å². The fourth-order valence-corrected chi connectivity index (χ4v) is 4.26. The number of nitrogens with zero attached hydrogens (tertiary/aromatic N) is 2. The topological polar surface area (TPSA) is 101 Å². The molecule has 1 aromatic rings. The first-order chi connectivity index (χ1) is 12.4. The second-order valence-electron chi connectivity index (χ2n) is 6.77. The molecular weight excluding hydrogens is 359 g/mol. The molecule has 2 amide bonds. The molecular formula is C19H17N2NaO5. The number of carboxylic acids is 1. The van der Waals surface area contributed by atoms with Crippen molar-refractivity contribution in [2.45, 2.75) is 25.4 Å². The quantitative estimate of drug-likeness (QED) is 0.444. The molecule has 0 radical (unpaired) electrons. The molecule has 3 heterocycles. The van der Waals surface area contributed by atoms with Crippen molar-refractivity contribution in [2.75, 3.05) is 6.54 Å². The number of hydrogen-bond acceptors (Lipinski definition) is 5. The van der Waals surface area contributed by atoms with Gasteiger partial charge in [0.15, 0.2) is 0 Å². The predicted molar refractivity (Wildman–Crippen MR) is 89.1 cm³/mol. The Morgan fingerprint density at radius 1 is 1.22 bits per heavy atom. The number of carboxylic acid groups (broad SMARTS) is 1. The van der Waals surface area contributed by atoms with E-state index in [1.54, 1.807) is 36.4 Å². The van der Waals surface area contributed by atoms with Crippen LogP contribution >= 0.6 is 0 Å². The van der Waals surface area contributed by atoms with Crippen molar-refractivity contribution in [3.05, 3.63) is 47.2 Å². The van der Waals surface area contributed by atoms with Crippen LogP contribution < -0.4 is 34.7 Å². The maximum Gasteiger partial charge on any atom is 1.00 e. The van der Waals surface area contributed by atoms with Crippen LogP contribution in [-0.2, 0) is 14.4 Å². The third-order valence-electron chi connectivity index (χ3n) is 5.40. The number of aliphatic carboxylic acids is 1. The van der Waals surface area contributed by atoms with Gasteiger partial charge in [-0.05, 0) is 29.7 Å². The van der Waals surface area contributed by atoms with E-state index in [-0.39, 0.29) is 64.8 Å². The minimum atomic E-state index is -1.38. The maximum atomic E-state index is 12.5. The maximum absolute atomic E-state index is 12.5. The summed E-state index contributed by atoms with van der Waals surface area (Å²) in [6, 6.07) is 5.59. The molecule has 8 heteroatoms. The van der Waals surface area contributed by atoms with Crippen molar-refractivity contribution in [2.24, 2.45) is 5.92 Å². The number of carbonyl (C=O) groups is 3. The molecule has 1 aromatic carbocycles. The molecule has 2 fully saturated rings. The molecule has 0 spiro atoms. The van der Waals surface area contributed by atoms with Gasteiger partial charge in [0, 0.05) is 19.4 Å². The van der Waals surface area contributed by atoms with Crippen LogP contribution in [0.4, 0.5) is 0 Å². The van der Waals surface area contributed by atoms with Crippen LogP contribution in [-0.4, -0.2) is 51.3 Å². The molecule has 3 aliphatic rings. The van der Waals surface area contributed by atoms with Crippen LogP contribution in [0.3, 0.4) is 0 Å². The summed E-state index contributed by atoms with van der Waals surface area (Å²) in [6.45, 7) is 1.85. The Labute approximate surface area is 178 Å². The van der Waals surface area contributed by atoms with Crippen LogP contribution in [0.1, 0.15) is 18.9 Å². The van der Waals surface area contributed by atoms with E-state index in [1.807, 2.05) is 0 Å². The van der Waals surface area contributed by atoms with E-state index in [0.717, 1.165) is 5.56 Å². The number of β-lactam (4-membered cyclic amide) rings is 1. The molecule has 3 atom stereocenters. The molecule has 134 valence electrons. The molecule has 4 rings (SSSR count). The Kier molecular flexibility index (Phi) is 5.20. The molecule has 2 saturated heterocycles. The minimum Gasteiger partial charge on any atom is -0.543 e. The standard InChI is InChI=1S/C19H18N2O5.Na/c1-10(22)20-9-8-14-13(7-4-11-2-5-12(23)6-3-11)16(19(25)26)21-15(14)17(20)18(21)24;/h2-7,14-15,17,23H,8-9H2,1H3,(H,25,26);/q;+1/p-1/b7-4+;/t14?,15-,17+;/m1./s1. The van der Waals surface area contributed by atoms with E-state index < -0.39 is 12.0 Å². The smallest absolute Gasteiger partial charge is 0.543 e. The normalized spacial score (nSPS) is 26.0. The Morgan fingerprint density at radius 2 is 1.89 bits per heavy atom. The van der Waals surface area contributed by atoms with Gasteiger partial charge in [-0.1, -0.05) is 24.3 Å². The largest absolute Gasteiger partial charge is 1.00 e. The third kappa shape index (κ3) is 2.99. The van der Waals surface area contributed by atoms with Gasteiger partial charge in [-0.3, -0.25) is 9.59 Å². The van der Waals surface area contributed by atoms with E-state index in [9.17, 15) is 24.6 Å². The molecule has 1 unspecified atom stereocenters. The number of allylic oxidation sites excluding steroid dienone is 1. The van der Waals surface area contributed by atoms with Crippen LogP contribution in [0.5, 0.6) is 5.75 Å². The molecule has 1 N–H and O–H groups in total. The second-order valence-corrected chi connectivity index (χ2v) is 6.77. The first-order valence-electron chi connectivity index (χ1n) is 8.43. The summed E-state index contributed by atoms with van der Waals surface area (Å²) < 4.78 is 0. The number of aromatic hydroxyl groups is 1. The van der Waals surface area contributed by atoms with Gasteiger partial charge in [-0.2, -0.15) is 0 Å². The average molecular weight is 376 g/mol.